The van der Waals surface area contributed by atoms with E-state index in [1.165, 1.54) is 4.88 Å². The van der Waals surface area contributed by atoms with Gasteiger partial charge in [0.05, 0.1) is 7.11 Å². The normalized spacial score (nSPS) is 13.1. The van der Waals surface area contributed by atoms with Gasteiger partial charge in [0.2, 0.25) is 0 Å². The summed E-state index contributed by atoms with van der Waals surface area (Å²) in [6.45, 7) is 7.37. The third kappa shape index (κ3) is 3.77. The van der Waals surface area contributed by atoms with Crippen LogP contribution >= 0.6 is 11.3 Å². The highest BCUT2D eigenvalue weighted by Crippen LogP contribution is 2.30. The van der Waals surface area contributed by atoms with Crippen LogP contribution in [0.4, 0.5) is 0 Å². The van der Waals surface area contributed by atoms with Crippen LogP contribution in [0.25, 0.3) is 0 Å². The van der Waals surface area contributed by atoms with Gasteiger partial charge >= 0.3 is 0 Å². The second kappa shape index (κ2) is 6.50. The summed E-state index contributed by atoms with van der Waals surface area (Å²) >= 11 is 1.78. The predicted molar refractivity (Wildman–Crippen MR) is 88.4 cm³/mol. The van der Waals surface area contributed by atoms with E-state index in [1.54, 1.807) is 24.5 Å². The molecule has 0 saturated carbocycles. The molecule has 3 nitrogen and oxygen atoms in total. The maximum Gasteiger partial charge on any atom is 0.124 e. The molecule has 0 aliphatic carbocycles. The topological polar surface area (TPSA) is 41.5 Å². The summed E-state index contributed by atoms with van der Waals surface area (Å²) in [7, 11) is 1.60. The average Bonchev–Trinajstić information content (AvgIpc) is 2.99. The highest BCUT2D eigenvalue weighted by Gasteiger charge is 2.23. The van der Waals surface area contributed by atoms with Crippen LogP contribution in [0.5, 0.6) is 11.5 Å². The van der Waals surface area contributed by atoms with E-state index in [9.17, 15) is 5.11 Å². The van der Waals surface area contributed by atoms with Crippen LogP contribution in [0.15, 0.2) is 35.7 Å². The van der Waals surface area contributed by atoms with Crippen molar-refractivity contribution in [2.75, 3.05) is 13.7 Å². The lowest BCUT2D eigenvalue weighted by Gasteiger charge is -2.26. The molecule has 2 N–H and O–H groups in total. The molecular formula is C17H23NO2S. The Kier molecular flexibility index (Phi) is 4.91. The number of rotatable bonds is 6. The first-order valence-corrected chi connectivity index (χ1v) is 7.96. The van der Waals surface area contributed by atoms with Crippen LogP contribution in [0.2, 0.25) is 0 Å². The van der Waals surface area contributed by atoms with Gasteiger partial charge in [-0.15, -0.1) is 11.3 Å². The lowest BCUT2D eigenvalue weighted by atomic mass is 9.91. The van der Waals surface area contributed by atoms with Crippen molar-refractivity contribution in [2.45, 2.75) is 32.2 Å². The number of phenolic OH excluding ortho intramolecular Hbond substituents is 1. The lowest BCUT2D eigenvalue weighted by molar-refractivity contribution is 0.399. The molecule has 0 saturated heterocycles. The summed E-state index contributed by atoms with van der Waals surface area (Å²) in [5, 5.41) is 15.7. The summed E-state index contributed by atoms with van der Waals surface area (Å²) < 4.78 is 5.11. The molecule has 1 unspecified atom stereocenters. The fourth-order valence-electron chi connectivity index (χ4n) is 2.29. The third-order valence-electron chi connectivity index (χ3n) is 3.74. The first-order chi connectivity index (χ1) is 9.94. The molecule has 0 bridgehead atoms. The number of hydrogen-bond acceptors (Lipinski definition) is 4. The molecule has 0 aliphatic rings. The number of hydrogen-bond donors (Lipinski definition) is 2. The average molecular weight is 305 g/mol. The highest BCUT2D eigenvalue weighted by molar-refractivity contribution is 7.10. The van der Waals surface area contributed by atoms with E-state index in [4.69, 9.17) is 4.74 Å². The summed E-state index contributed by atoms with van der Waals surface area (Å²) in [5.74, 6) is 0.936. The third-order valence-corrected chi connectivity index (χ3v) is 4.98. The fraction of sp³-hybridized carbons (Fsp3) is 0.412. The van der Waals surface area contributed by atoms with Crippen LogP contribution in [0.1, 0.15) is 37.3 Å². The number of phenols is 1. The van der Waals surface area contributed by atoms with Crippen molar-refractivity contribution >= 4 is 11.3 Å². The van der Waals surface area contributed by atoms with Gasteiger partial charge in [-0.25, -0.2) is 0 Å². The van der Waals surface area contributed by atoms with Gasteiger partial charge in [0.25, 0.3) is 0 Å². The molecule has 0 radical (unpaired) electrons. The molecule has 2 rings (SSSR count). The highest BCUT2D eigenvalue weighted by atomic mass is 32.1. The molecule has 1 heterocycles. The van der Waals surface area contributed by atoms with Crippen LogP contribution in [0.3, 0.4) is 0 Å². The molecule has 1 aromatic carbocycles. The zero-order valence-corrected chi connectivity index (χ0v) is 13.8. The Morgan fingerprint density at radius 2 is 2.10 bits per heavy atom. The van der Waals surface area contributed by atoms with Gasteiger partial charge in [0.1, 0.15) is 11.5 Å². The number of ether oxygens (including phenoxy) is 1. The number of nitrogens with one attached hydrogen (secondary N) is 1. The van der Waals surface area contributed by atoms with Crippen LogP contribution in [0, 0.1) is 0 Å². The minimum Gasteiger partial charge on any atom is -0.507 e. The van der Waals surface area contributed by atoms with E-state index in [0.29, 0.717) is 5.75 Å². The second-order valence-corrected chi connectivity index (χ2v) is 6.84. The largest absolute Gasteiger partial charge is 0.507 e. The molecule has 114 valence electrons. The predicted octanol–water partition coefficient (Wildman–Crippen LogP) is 4.09. The molecule has 21 heavy (non-hydrogen) atoms. The SMILES string of the molecule is COc1ccc(C(C)NCC(C)(C)c2cccs2)c(O)c1. The van der Waals surface area contributed by atoms with Gasteiger partial charge in [-0.1, -0.05) is 26.0 Å². The van der Waals surface area contributed by atoms with Crippen LogP contribution in [-0.2, 0) is 5.41 Å². The van der Waals surface area contributed by atoms with Gasteiger partial charge in [-0.3, -0.25) is 0 Å². The molecule has 0 aliphatic heterocycles. The Morgan fingerprint density at radius 3 is 2.67 bits per heavy atom. The zero-order chi connectivity index (χ0) is 15.5. The first kappa shape index (κ1) is 15.9. The van der Waals surface area contributed by atoms with Crippen molar-refractivity contribution in [3.8, 4) is 11.5 Å². The van der Waals surface area contributed by atoms with Crippen molar-refractivity contribution < 1.29 is 9.84 Å². The van der Waals surface area contributed by atoms with Crippen LogP contribution in [-0.4, -0.2) is 18.8 Å². The summed E-state index contributed by atoms with van der Waals surface area (Å²) in [5.41, 5.74) is 0.961. The van der Waals surface area contributed by atoms with Crippen molar-refractivity contribution in [3.63, 3.8) is 0 Å². The maximum atomic E-state index is 10.1. The fourth-order valence-corrected chi connectivity index (χ4v) is 3.14. The maximum absolute atomic E-state index is 10.1. The van der Waals surface area contributed by atoms with E-state index in [1.807, 2.05) is 12.1 Å². The molecule has 1 aromatic heterocycles. The number of methoxy groups -OCH3 is 1. The Morgan fingerprint density at radius 1 is 1.33 bits per heavy atom. The van der Waals surface area contributed by atoms with Crippen molar-refractivity contribution in [3.05, 3.63) is 46.2 Å². The molecule has 0 spiro atoms. The van der Waals surface area contributed by atoms with Gasteiger partial charge < -0.3 is 15.2 Å². The lowest BCUT2D eigenvalue weighted by Crippen LogP contribution is -2.33. The molecule has 4 heteroatoms. The summed E-state index contributed by atoms with van der Waals surface area (Å²) in [6.07, 6.45) is 0. The van der Waals surface area contributed by atoms with E-state index in [2.05, 4.69) is 43.6 Å². The monoisotopic (exact) mass is 305 g/mol. The minimum absolute atomic E-state index is 0.0739. The van der Waals surface area contributed by atoms with Gasteiger partial charge in [-0.2, -0.15) is 0 Å². The van der Waals surface area contributed by atoms with E-state index < -0.39 is 0 Å². The molecule has 0 amide bonds. The summed E-state index contributed by atoms with van der Waals surface area (Å²) in [4.78, 5) is 1.36. The molecule has 2 aromatic rings. The van der Waals surface area contributed by atoms with Crippen molar-refractivity contribution in [2.24, 2.45) is 0 Å². The van der Waals surface area contributed by atoms with Gasteiger partial charge in [0, 0.05) is 34.5 Å². The van der Waals surface area contributed by atoms with Gasteiger partial charge in [-0.05, 0) is 24.4 Å². The van der Waals surface area contributed by atoms with Crippen molar-refractivity contribution in [1.29, 1.82) is 0 Å². The Labute approximate surface area is 130 Å². The van der Waals surface area contributed by atoms with Crippen LogP contribution < -0.4 is 10.1 Å². The minimum atomic E-state index is 0.0739. The van der Waals surface area contributed by atoms with Crippen molar-refractivity contribution in [1.82, 2.24) is 5.32 Å². The molecule has 1 atom stereocenters. The van der Waals surface area contributed by atoms with E-state index in [0.717, 1.165) is 12.1 Å². The second-order valence-electron chi connectivity index (χ2n) is 5.89. The Hall–Kier alpha value is -1.52. The number of benzene rings is 1. The summed E-state index contributed by atoms with van der Waals surface area (Å²) in [6, 6.07) is 9.76. The number of thiophene rings is 1. The zero-order valence-electron chi connectivity index (χ0n) is 13.0. The van der Waals surface area contributed by atoms with E-state index in [-0.39, 0.29) is 17.2 Å². The smallest absolute Gasteiger partial charge is 0.124 e. The first-order valence-electron chi connectivity index (χ1n) is 7.08. The Bertz CT molecular complexity index is 578. The van der Waals surface area contributed by atoms with E-state index >= 15 is 0 Å². The molecule has 0 fully saturated rings. The quantitative estimate of drug-likeness (QED) is 0.844. The number of aromatic hydroxyl groups is 1. The standard InChI is InChI=1S/C17H23NO2S/c1-12(14-8-7-13(20-4)10-15(14)19)18-11-17(2,3)16-6-5-9-21-16/h5-10,12,18-19H,11H2,1-4H3. The van der Waals surface area contributed by atoms with Gasteiger partial charge in [0.15, 0.2) is 0 Å². The Balaban J connectivity index is 2.03. The molecular weight excluding hydrogens is 282 g/mol.